The predicted octanol–water partition coefficient (Wildman–Crippen LogP) is 4.12. The molecule has 1 saturated carbocycles. The molecule has 7 heteroatoms. The number of amides is 2. The molecule has 0 spiro atoms. The molecular weight excluding hydrogens is 442 g/mol. The number of carboxylic acid groups (broad SMARTS) is 1. The summed E-state index contributed by atoms with van der Waals surface area (Å²) in [6.07, 6.45) is 4.15. The monoisotopic (exact) mass is 471 g/mol. The first-order valence-corrected chi connectivity index (χ1v) is 11.8. The quantitative estimate of drug-likeness (QED) is 0.333. The van der Waals surface area contributed by atoms with Gasteiger partial charge in [0.15, 0.2) is 0 Å². The van der Waals surface area contributed by atoms with Crippen LogP contribution < -0.4 is 16.0 Å². The fraction of sp³-hybridized carbons (Fsp3) is 0.250. The topological polar surface area (TPSA) is 108 Å². The summed E-state index contributed by atoms with van der Waals surface area (Å²) in [4.78, 5) is 36.3. The van der Waals surface area contributed by atoms with Crippen molar-refractivity contribution >= 4 is 29.2 Å². The Balaban J connectivity index is 1.35. The van der Waals surface area contributed by atoms with Crippen LogP contribution in [0.2, 0.25) is 0 Å². The first kappa shape index (κ1) is 24.0. The molecule has 0 radical (unpaired) electrons. The molecule has 4 N–H and O–H groups in total. The lowest BCUT2D eigenvalue weighted by molar-refractivity contribution is -0.136. The van der Waals surface area contributed by atoms with E-state index in [0.29, 0.717) is 18.7 Å². The van der Waals surface area contributed by atoms with E-state index >= 15 is 0 Å². The van der Waals surface area contributed by atoms with Crippen LogP contribution in [-0.2, 0) is 22.4 Å². The first-order chi connectivity index (χ1) is 17.0. The number of nitrogens with one attached hydrogen (secondary N) is 3. The van der Waals surface area contributed by atoms with E-state index in [4.69, 9.17) is 5.11 Å². The van der Waals surface area contributed by atoms with Gasteiger partial charge in [-0.15, -0.1) is 0 Å². The van der Waals surface area contributed by atoms with E-state index in [9.17, 15) is 14.4 Å². The fourth-order valence-corrected chi connectivity index (χ4v) is 3.86. The maximum atomic E-state index is 12.7. The van der Waals surface area contributed by atoms with Crippen LogP contribution in [0.25, 0.3) is 0 Å². The summed E-state index contributed by atoms with van der Waals surface area (Å²) in [5.41, 5.74) is 3.76. The van der Waals surface area contributed by atoms with Crippen LogP contribution in [-0.4, -0.2) is 35.5 Å². The zero-order valence-electron chi connectivity index (χ0n) is 19.4. The SMILES string of the molecule is O=C(Nc1ccc(CC2CC2)cc1)C(=O)N[C@H](CNc1ccc(C(=O)O)cc1)Cc1ccccc1. The molecule has 35 heavy (non-hydrogen) atoms. The van der Waals surface area contributed by atoms with Crippen LogP contribution in [0.4, 0.5) is 11.4 Å². The Kier molecular flexibility index (Phi) is 7.77. The molecule has 0 heterocycles. The lowest BCUT2D eigenvalue weighted by atomic mass is 10.1. The minimum absolute atomic E-state index is 0.196. The van der Waals surface area contributed by atoms with Gasteiger partial charge in [0, 0.05) is 17.9 Å². The number of carboxylic acids is 1. The van der Waals surface area contributed by atoms with Gasteiger partial charge in [-0.3, -0.25) is 9.59 Å². The zero-order chi connectivity index (χ0) is 24.6. The summed E-state index contributed by atoms with van der Waals surface area (Å²) in [6, 6.07) is 23.3. The van der Waals surface area contributed by atoms with Crippen molar-refractivity contribution in [3.63, 3.8) is 0 Å². The highest BCUT2D eigenvalue weighted by Crippen LogP contribution is 2.32. The maximum Gasteiger partial charge on any atom is 0.335 e. The second kappa shape index (κ2) is 11.3. The van der Waals surface area contributed by atoms with E-state index in [1.165, 1.54) is 30.5 Å². The normalized spacial score (nSPS) is 13.5. The van der Waals surface area contributed by atoms with Gasteiger partial charge < -0.3 is 21.1 Å². The van der Waals surface area contributed by atoms with Crippen molar-refractivity contribution in [3.8, 4) is 0 Å². The minimum Gasteiger partial charge on any atom is -0.478 e. The predicted molar refractivity (Wildman–Crippen MR) is 135 cm³/mol. The average molecular weight is 472 g/mol. The van der Waals surface area contributed by atoms with Crippen molar-refractivity contribution in [2.45, 2.75) is 31.7 Å². The standard InChI is InChI=1S/C28H29N3O4/c32-26(30-24-12-8-21(9-13-24)16-20-6-7-20)27(33)31-25(17-19-4-2-1-3-5-19)18-29-23-14-10-22(11-15-23)28(34)35/h1-5,8-15,20,25,29H,6-7,16-18H2,(H,30,32)(H,31,33)(H,34,35)/t25-/m0/s1. The number of aromatic carboxylic acids is 1. The highest BCUT2D eigenvalue weighted by atomic mass is 16.4. The van der Waals surface area contributed by atoms with Crippen molar-refractivity contribution in [3.05, 3.63) is 95.6 Å². The number of hydrogen-bond donors (Lipinski definition) is 4. The van der Waals surface area contributed by atoms with Gasteiger partial charge in [0.25, 0.3) is 0 Å². The van der Waals surface area contributed by atoms with Crippen molar-refractivity contribution in [2.75, 3.05) is 17.2 Å². The molecule has 0 bridgehead atoms. The van der Waals surface area contributed by atoms with Crippen LogP contribution >= 0.6 is 0 Å². The summed E-state index contributed by atoms with van der Waals surface area (Å²) in [6.45, 7) is 0.357. The molecule has 180 valence electrons. The molecule has 2 amide bonds. The third-order valence-corrected chi connectivity index (χ3v) is 5.98. The Bertz CT molecular complexity index is 1160. The van der Waals surface area contributed by atoms with Gasteiger partial charge in [0.2, 0.25) is 0 Å². The van der Waals surface area contributed by atoms with E-state index in [1.54, 1.807) is 12.1 Å². The highest BCUT2D eigenvalue weighted by molar-refractivity contribution is 6.39. The van der Waals surface area contributed by atoms with Crippen molar-refractivity contribution in [2.24, 2.45) is 5.92 Å². The summed E-state index contributed by atoms with van der Waals surface area (Å²) in [5, 5.41) is 17.8. The van der Waals surface area contributed by atoms with E-state index in [1.807, 2.05) is 54.6 Å². The van der Waals surface area contributed by atoms with Crippen molar-refractivity contribution in [1.82, 2.24) is 5.32 Å². The summed E-state index contributed by atoms with van der Waals surface area (Å²) in [5.74, 6) is -1.64. The Morgan fingerprint density at radius 3 is 2.09 bits per heavy atom. The van der Waals surface area contributed by atoms with E-state index in [0.717, 1.165) is 23.6 Å². The molecule has 0 unspecified atom stereocenters. The van der Waals surface area contributed by atoms with Gasteiger partial charge >= 0.3 is 17.8 Å². The van der Waals surface area contributed by atoms with Crippen LogP contribution in [0.1, 0.15) is 34.3 Å². The molecule has 3 aromatic carbocycles. The van der Waals surface area contributed by atoms with E-state index in [-0.39, 0.29) is 11.6 Å². The molecule has 1 aliphatic rings. The number of hydrogen-bond acceptors (Lipinski definition) is 4. The lowest BCUT2D eigenvalue weighted by Gasteiger charge is -2.20. The minimum atomic E-state index is -0.991. The summed E-state index contributed by atoms with van der Waals surface area (Å²) in [7, 11) is 0. The van der Waals surface area contributed by atoms with Crippen LogP contribution in [0.5, 0.6) is 0 Å². The second-order valence-corrected chi connectivity index (χ2v) is 8.92. The molecule has 4 rings (SSSR count). The van der Waals surface area contributed by atoms with Gasteiger partial charge in [-0.05, 0) is 79.1 Å². The Morgan fingerprint density at radius 1 is 0.800 bits per heavy atom. The van der Waals surface area contributed by atoms with Gasteiger partial charge in [-0.2, -0.15) is 0 Å². The molecule has 0 aliphatic heterocycles. The number of benzene rings is 3. The third-order valence-electron chi connectivity index (χ3n) is 5.98. The molecule has 1 atom stereocenters. The highest BCUT2D eigenvalue weighted by Gasteiger charge is 2.22. The van der Waals surface area contributed by atoms with Gasteiger partial charge in [-0.25, -0.2) is 4.79 Å². The summed E-state index contributed by atoms with van der Waals surface area (Å²) < 4.78 is 0. The Morgan fingerprint density at radius 2 is 1.46 bits per heavy atom. The van der Waals surface area contributed by atoms with Crippen molar-refractivity contribution < 1.29 is 19.5 Å². The van der Waals surface area contributed by atoms with Gasteiger partial charge in [-0.1, -0.05) is 42.5 Å². The number of anilines is 2. The number of carbonyl (C=O) groups is 3. The van der Waals surface area contributed by atoms with Crippen LogP contribution in [0, 0.1) is 5.92 Å². The lowest BCUT2D eigenvalue weighted by Crippen LogP contribution is -2.46. The third kappa shape index (κ3) is 7.43. The second-order valence-electron chi connectivity index (χ2n) is 8.92. The molecule has 0 saturated heterocycles. The molecule has 0 aromatic heterocycles. The van der Waals surface area contributed by atoms with Gasteiger partial charge in [0.1, 0.15) is 0 Å². The first-order valence-electron chi connectivity index (χ1n) is 11.8. The molecule has 7 nitrogen and oxygen atoms in total. The number of carbonyl (C=O) groups excluding carboxylic acids is 2. The van der Waals surface area contributed by atoms with E-state index in [2.05, 4.69) is 16.0 Å². The summed E-state index contributed by atoms with van der Waals surface area (Å²) >= 11 is 0. The molecule has 3 aromatic rings. The Hall–Kier alpha value is -4.13. The molecular formula is C28H29N3O4. The zero-order valence-corrected chi connectivity index (χ0v) is 19.4. The van der Waals surface area contributed by atoms with Crippen LogP contribution in [0.3, 0.4) is 0 Å². The number of rotatable bonds is 10. The fourth-order valence-electron chi connectivity index (χ4n) is 3.86. The van der Waals surface area contributed by atoms with Crippen LogP contribution in [0.15, 0.2) is 78.9 Å². The Labute approximate surface area is 204 Å². The van der Waals surface area contributed by atoms with Gasteiger partial charge in [0.05, 0.1) is 11.6 Å². The smallest absolute Gasteiger partial charge is 0.335 e. The van der Waals surface area contributed by atoms with E-state index < -0.39 is 17.8 Å². The molecule has 1 aliphatic carbocycles. The maximum absolute atomic E-state index is 12.7. The largest absolute Gasteiger partial charge is 0.478 e. The average Bonchev–Trinajstić information content (AvgIpc) is 3.68. The van der Waals surface area contributed by atoms with Crippen molar-refractivity contribution in [1.29, 1.82) is 0 Å². The molecule has 1 fully saturated rings.